The third-order valence-electron chi connectivity index (χ3n) is 0.910. The number of hydrogen-bond donors (Lipinski definition) is 2. The highest BCUT2D eigenvalue weighted by Crippen LogP contribution is 2.15. The van der Waals surface area contributed by atoms with Crippen molar-refractivity contribution < 1.29 is 14.3 Å². The molecular formula is C5H5NO3. The van der Waals surface area contributed by atoms with E-state index < -0.39 is 11.9 Å². The van der Waals surface area contributed by atoms with Crippen molar-refractivity contribution in [3.8, 4) is 5.95 Å². The van der Waals surface area contributed by atoms with Gasteiger partial charge in [-0.25, -0.2) is 0 Å². The predicted molar refractivity (Wildman–Crippen MR) is 28.9 cm³/mol. The first-order chi connectivity index (χ1) is 4.22. The van der Waals surface area contributed by atoms with Gasteiger partial charge in [0.1, 0.15) is 5.56 Å². The van der Waals surface area contributed by atoms with E-state index in [9.17, 15) is 4.79 Å². The normalized spacial score (nSPS) is 9.33. The van der Waals surface area contributed by atoms with Crippen molar-refractivity contribution >= 4 is 5.91 Å². The van der Waals surface area contributed by atoms with Gasteiger partial charge in [0.15, 0.2) is 0 Å². The van der Waals surface area contributed by atoms with Gasteiger partial charge in [-0.3, -0.25) is 4.79 Å². The maximum absolute atomic E-state index is 10.3. The third-order valence-corrected chi connectivity index (χ3v) is 0.910. The zero-order valence-corrected chi connectivity index (χ0v) is 4.50. The second kappa shape index (κ2) is 1.81. The zero-order valence-electron chi connectivity index (χ0n) is 4.50. The van der Waals surface area contributed by atoms with Crippen LogP contribution >= 0.6 is 0 Å². The Labute approximate surface area is 50.9 Å². The first-order valence-electron chi connectivity index (χ1n) is 2.28. The molecule has 4 nitrogen and oxygen atoms in total. The summed E-state index contributed by atoms with van der Waals surface area (Å²) >= 11 is 0. The summed E-state index contributed by atoms with van der Waals surface area (Å²) in [5.41, 5.74) is 4.81. The standard InChI is InChI=1S/C5H5NO3/c6-4(7)3-1-2-9-5(3)8/h1-2,8H,(H2,6,7). The van der Waals surface area contributed by atoms with Crippen LogP contribution in [0.1, 0.15) is 10.4 Å². The van der Waals surface area contributed by atoms with E-state index in [1.54, 1.807) is 0 Å². The van der Waals surface area contributed by atoms with Crippen molar-refractivity contribution in [2.45, 2.75) is 0 Å². The number of furan rings is 1. The summed E-state index contributed by atoms with van der Waals surface area (Å²) in [6.07, 6.45) is 1.19. The quantitative estimate of drug-likeness (QED) is 0.561. The highest BCUT2D eigenvalue weighted by molar-refractivity contribution is 5.94. The summed E-state index contributed by atoms with van der Waals surface area (Å²) in [6.45, 7) is 0. The van der Waals surface area contributed by atoms with Gasteiger partial charge < -0.3 is 15.3 Å². The van der Waals surface area contributed by atoms with Crippen LogP contribution in [-0.2, 0) is 0 Å². The van der Waals surface area contributed by atoms with Crippen LogP contribution in [-0.4, -0.2) is 11.0 Å². The third kappa shape index (κ3) is 0.861. The van der Waals surface area contributed by atoms with Crippen LogP contribution in [0, 0.1) is 0 Å². The summed E-state index contributed by atoms with van der Waals surface area (Å²) in [5.74, 6) is -1.12. The summed E-state index contributed by atoms with van der Waals surface area (Å²) in [7, 11) is 0. The lowest BCUT2D eigenvalue weighted by molar-refractivity contribution is 0.0995. The monoisotopic (exact) mass is 127 g/mol. The molecule has 0 aliphatic rings. The smallest absolute Gasteiger partial charge is 0.295 e. The summed E-state index contributed by atoms with van der Waals surface area (Å²) in [6, 6.07) is 1.30. The molecule has 0 aromatic carbocycles. The van der Waals surface area contributed by atoms with Crippen LogP contribution in [0.5, 0.6) is 5.95 Å². The number of nitrogens with two attached hydrogens (primary N) is 1. The van der Waals surface area contributed by atoms with Gasteiger partial charge in [0.05, 0.1) is 6.26 Å². The van der Waals surface area contributed by atoms with Crippen molar-refractivity contribution in [2.75, 3.05) is 0 Å². The molecular weight excluding hydrogens is 122 g/mol. The van der Waals surface area contributed by atoms with Crippen LogP contribution in [0.15, 0.2) is 16.7 Å². The largest absolute Gasteiger partial charge is 0.480 e. The molecule has 0 fully saturated rings. The molecule has 1 aromatic rings. The van der Waals surface area contributed by atoms with Crippen LogP contribution in [0.25, 0.3) is 0 Å². The van der Waals surface area contributed by atoms with Gasteiger partial charge in [-0.05, 0) is 6.07 Å². The molecule has 0 unspecified atom stereocenters. The van der Waals surface area contributed by atoms with E-state index in [2.05, 4.69) is 4.42 Å². The number of primary amides is 1. The predicted octanol–water partition coefficient (Wildman–Crippen LogP) is 0.0841. The lowest BCUT2D eigenvalue weighted by atomic mass is 10.3. The molecule has 0 aliphatic carbocycles. The molecule has 0 spiro atoms. The maximum atomic E-state index is 10.3. The van der Waals surface area contributed by atoms with Gasteiger partial charge in [0.25, 0.3) is 11.9 Å². The van der Waals surface area contributed by atoms with Crippen molar-refractivity contribution in [1.29, 1.82) is 0 Å². The number of amides is 1. The van der Waals surface area contributed by atoms with Crippen LogP contribution in [0.3, 0.4) is 0 Å². The molecule has 1 aromatic heterocycles. The lowest BCUT2D eigenvalue weighted by Gasteiger charge is -1.85. The second-order valence-corrected chi connectivity index (χ2v) is 1.50. The Hall–Kier alpha value is -1.45. The van der Waals surface area contributed by atoms with E-state index in [0.717, 1.165) is 0 Å². The summed E-state index contributed by atoms with van der Waals surface area (Å²) in [4.78, 5) is 10.3. The number of carbonyl (C=O) groups is 1. The molecule has 0 saturated carbocycles. The Morgan fingerprint density at radius 1 is 1.78 bits per heavy atom. The van der Waals surface area contributed by atoms with Crippen LogP contribution in [0.2, 0.25) is 0 Å². The van der Waals surface area contributed by atoms with E-state index in [4.69, 9.17) is 10.8 Å². The Kier molecular flexibility index (Phi) is 1.14. The first kappa shape index (κ1) is 5.68. The van der Waals surface area contributed by atoms with E-state index in [1.165, 1.54) is 12.3 Å². The van der Waals surface area contributed by atoms with Gasteiger partial charge in [0.2, 0.25) is 0 Å². The summed E-state index contributed by atoms with van der Waals surface area (Å²) in [5, 5.41) is 8.65. The first-order valence-corrected chi connectivity index (χ1v) is 2.28. The maximum Gasteiger partial charge on any atom is 0.295 e. The number of rotatable bonds is 1. The highest BCUT2D eigenvalue weighted by Gasteiger charge is 2.08. The fourth-order valence-electron chi connectivity index (χ4n) is 0.489. The van der Waals surface area contributed by atoms with Gasteiger partial charge in [-0.1, -0.05) is 0 Å². The number of hydrogen-bond acceptors (Lipinski definition) is 3. The Bertz CT molecular complexity index is 228. The number of carbonyl (C=O) groups excluding carboxylic acids is 1. The minimum absolute atomic E-state index is 0.00926. The highest BCUT2D eigenvalue weighted by atomic mass is 16.5. The zero-order chi connectivity index (χ0) is 6.85. The van der Waals surface area contributed by atoms with Gasteiger partial charge in [-0.15, -0.1) is 0 Å². The van der Waals surface area contributed by atoms with Crippen molar-refractivity contribution in [1.82, 2.24) is 0 Å². The minimum Gasteiger partial charge on any atom is -0.480 e. The molecule has 4 heteroatoms. The second-order valence-electron chi connectivity index (χ2n) is 1.50. The van der Waals surface area contributed by atoms with E-state index >= 15 is 0 Å². The fraction of sp³-hybridized carbons (Fsp3) is 0. The average Bonchev–Trinajstić information content (AvgIpc) is 2.13. The molecule has 1 rings (SSSR count). The van der Waals surface area contributed by atoms with Gasteiger partial charge >= 0.3 is 0 Å². The SMILES string of the molecule is NC(=O)c1ccoc1O. The van der Waals surface area contributed by atoms with E-state index in [-0.39, 0.29) is 5.56 Å². The summed E-state index contributed by atoms with van der Waals surface area (Å²) < 4.78 is 4.38. The molecule has 9 heavy (non-hydrogen) atoms. The van der Waals surface area contributed by atoms with Gasteiger partial charge in [-0.2, -0.15) is 0 Å². The number of aromatic hydroxyl groups is 1. The van der Waals surface area contributed by atoms with E-state index in [1.807, 2.05) is 0 Å². The van der Waals surface area contributed by atoms with Crippen molar-refractivity contribution in [3.05, 3.63) is 17.9 Å². The van der Waals surface area contributed by atoms with Crippen LogP contribution in [0.4, 0.5) is 0 Å². The van der Waals surface area contributed by atoms with E-state index in [0.29, 0.717) is 0 Å². The molecule has 0 aliphatic heterocycles. The molecule has 1 amide bonds. The van der Waals surface area contributed by atoms with Crippen LogP contribution < -0.4 is 5.73 Å². The molecule has 0 bridgehead atoms. The molecule has 3 N–H and O–H groups in total. The molecule has 1 heterocycles. The Morgan fingerprint density at radius 2 is 2.44 bits per heavy atom. The Morgan fingerprint density at radius 3 is 2.67 bits per heavy atom. The van der Waals surface area contributed by atoms with Crippen molar-refractivity contribution in [2.24, 2.45) is 5.73 Å². The molecule has 0 saturated heterocycles. The van der Waals surface area contributed by atoms with Gasteiger partial charge in [0, 0.05) is 0 Å². The Balaban J connectivity index is 3.08. The average molecular weight is 127 g/mol. The lowest BCUT2D eigenvalue weighted by Crippen LogP contribution is -2.09. The molecule has 0 radical (unpaired) electrons. The molecule has 0 atom stereocenters. The molecule has 48 valence electrons. The van der Waals surface area contributed by atoms with Crippen molar-refractivity contribution in [3.63, 3.8) is 0 Å². The fourth-order valence-corrected chi connectivity index (χ4v) is 0.489. The topological polar surface area (TPSA) is 76.5 Å². The minimum atomic E-state index is -0.693.